The van der Waals surface area contributed by atoms with Crippen LogP contribution in [-0.4, -0.2) is 19.5 Å². The maximum Gasteiger partial charge on any atom is 0.296 e. The van der Waals surface area contributed by atoms with Gasteiger partial charge in [0.1, 0.15) is 5.76 Å². The van der Waals surface area contributed by atoms with Crippen LogP contribution in [0.1, 0.15) is 22.6 Å². The third kappa shape index (κ3) is 5.08. The van der Waals surface area contributed by atoms with E-state index in [0.29, 0.717) is 17.1 Å². The first-order chi connectivity index (χ1) is 10.7. The van der Waals surface area contributed by atoms with Crippen molar-refractivity contribution in [2.45, 2.75) is 26.8 Å². The van der Waals surface area contributed by atoms with Crippen LogP contribution in [0.5, 0.6) is 0 Å². The van der Waals surface area contributed by atoms with Gasteiger partial charge in [-0.15, -0.1) is 0 Å². The highest BCUT2D eigenvalue weighted by Gasteiger charge is 2.13. The van der Waals surface area contributed by atoms with Crippen molar-refractivity contribution in [2.75, 3.05) is 4.72 Å². The van der Waals surface area contributed by atoms with Crippen LogP contribution in [0.4, 0.5) is 5.69 Å². The number of nitrogens with zero attached hydrogens (tertiary/aromatic N) is 1. The highest BCUT2D eigenvalue weighted by Crippen LogP contribution is 2.14. The minimum Gasteiger partial charge on any atom is -0.361 e. The molecule has 0 radical (unpaired) electrons. The normalized spacial score (nSPS) is 11.3. The molecule has 0 aliphatic heterocycles. The molecule has 0 saturated carbocycles. The smallest absolute Gasteiger partial charge is 0.296 e. The first kappa shape index (κ1) is 17.0. The highest BCUT2D eigenvalue weighted by molar-refractivity contribution is 7.90. The molecule has 4 N–H and O–H groups in total. The molecular weight excluding hydrogens is 320 g/mol. The van der Waals surface area contributed by atoms with E-state index in [0.717, 1.165) is 11.1 Å². The van der Waals surface area contributed by atoms with Crippen LogP contribution in [0.2, 0.25) is 0 Å². The number of amides is 1. The van der Waals surface area contributed by atoms with Gasteiger partial charge in [-0.1, -0.05) is 17.3 Å². The van der Waals surface area contributed by atoms with Gasteiger partial charge in [0.05, 0.1) is 17.8 Å². The molecule has 23 heavy (non-hydrogen) atoms. The average Bonchev–Trinajstić information content (AvgIpc) is 2.76. The molecular formula is C14H18N4O4S. The van der Waals surface area contributed by atoms with E-state index in [-0.39, 0.29) is 18.9 Å². The number of rotatable bonds is 6. The molecule has 124 valence electrons. The van der Waals surface area contributed by atoms with Gasteiger partial charge in [0.15, 0.2) is 0 Å². The van der Waals surface area contributed by atoms with Crippen molar-refractivity contribution in [2.24, 2.45) is 5.14 Å². The Balaban J connectivity index is 1.95. The number of aromatic nitrogens is 1. The fourth-order valence-electron chi connectivity index (χ4n) is 2.09. The minimum absolute atomic E-state index is 0.177. The van der Waals surface area contributed by atoms with E-state index in [1.807, 2.05) is 0 Å². The molecule has 1 amide bonds. The van der Waals surface area contributed by atoms with Crippen LogP contribution in [0, 0.1) is 13.8 Å². The largest absolute Gasteiger partial charge is 0.361 e. The third-order valence-corrected chi connectivity index (χ3v) is 3.72. The average molecular weight is 338 g/mol. The summed E-state index contributed by atoms with van der Waals surface area (Å²) in [5.41, 5.74) is 2.54. The number of nitrogens with one attached hydrogen (secondary N) is 2. The van der Waals surface area contributed by atoms with Crippen molar-refractivity contribution >= 4 is 21.8 Å². The lowest BCUT2D eigenvalue weighted by molar-refractivity contribution is -0.120. The zero-order valence-electron chi connectivity index (χ0n) is 12.8. The highest BCUT2D eigenvalue weighted by atomic mass is 32.2. The van der Waals surface area contributed by atoms with Gasteiger partial charge in [0.25, 0.3) is 10.2 Å². The van der Waals surface area contributed by atoms with E-state index < -0.39 is 10.2 Å². The van der Waals surface area contributed by atoms with E-state index >= 15 is 0 Å². The quantitative estimate of drug-likeness (QED) is 0.717. The number of hydrogen-bond donors (Lipinski definition) is 3. The standard InChI is InChI=1S/C14H18N4O4S/c1-9-13(10(2)22-17-9)7-14(19)16-8-11-4-3-5-12(6-11)18-23(15,20)21/h3-6,18H,7-8H2,1-2H3,(H,16,19)(H2,15,20,21). The molecule has 1 aromatic carbocycles. The Morgan fingerprint density at radius 1 is 1.35 bits per heavy atom. The number of aryl methyl sites for hydroxylation is 2. The van der Waals surface area contributed by atoms with E-state index in [4.69, 9.17) is 9.66 Å². The summed E-state index contributed by atoms with van der Waals surface area (Å²) in [5.74, 6) is 0.446. The number of hydrogen-bond acceptors (Lipinski definition) is 5. The van der Waals surface area contributed by atoms with Crippen molar-refractivity contribution in [3.63, 3.8) is 0 Å². The van der Waals surface area contributed by atoms with E-state index in [1.54, 1.807) is 38.1 Å². The molecule has 2 rings (SSSR count). The summed E-state index contributed by atoms with van der Waals surface area (Å²) in [5, 5.41) is 11.5. The molecule has 8 nitrogen and oxygen atoms in total. The number of anilines is 1. The fraction of sp³-hybridized carbons (Fsp3) is 0.286. The van der Waals surface area contributed by atoms with Gasteiger partial charge in [-0.25, -0.2) is 5.14 Å². The van der Waals surface area contributed by atoms with Crippen LogP contribution in [0.15, 0.2) is 28.8 Å². The monoisotopic (exact) mass is 338 g/mol. The van der Waals surface area contributed by atoms with Crippen molar-refractivity contribution in [1.29, 1.82) is 0 Å². The van der Waals surface area contributed by atoms with Crippen LogP contribution in [0.25, 0.3) is 0 Å². The SMILES string of the molecule is Cc1noc(C)c1CC(=O)NCc1cccc(NS(N)(=O)=O)c1. The Morgan fingerprint density at radius 2 is 2.09 bits per heavy atom. The number of nitrogens with two attached hydrogens (primary N) is 1. The predicted octanol–water partition coefficient (Wildman–Crippen LogP) is 0.766. The number of carbonyl (C=O) groups excluding carboxylic acids is 1. The molecule has 2 aromatic rings. The Kier molecular flexibility index (Phi) is 5.02. The fourth-order valence-corrected chi connectivity index (χ4v) is 2.54. The minimum atomic E-state index is -3.82. The molecule has 1 aromatic heterocycles. The number of carbonyl (C=O) groups is 1. The van der Waals surface area contributed by atoms with Gasteiger partial charge in [-0.3, -0.25) is 9.52 Å². The number of benzene rings is 1. The van der Waals surface area contributed by atoms with Crippen LogP contribution in [-0.2, 0) is 28.0 Å². The predicted molar refractivity (Wildman–Crippen MR) is 84.7 cm³/mol. The topological polar surface area (TPSA) is 127 Å². The maximum absolute atomic E-state index is 12.0. The summed E-state index contributed by atoms with van der Waals surface area (Å²) in [6, 6.07) is 6.61. The van der Waals surface area contributed by atoms with Gasteiger partial charge >= 0.3 is 0 Å². The lowest BCUT2D eigenvalue weighted by atomic mass is 10.1. The molecule has 0 saturated heterocycles. The summed E-state index contributed by atoms with van der Waals surface area (Å²) in [7, 11) is -3.82. The molecule has 1 heterocycles. The molecule has 0 unspecified atom stereocenters. The summed E-state index contributed by atoms with van der Waals surface area (Å²) < 4.78 is 29.2. The van der Waals surface area contributed by atoms with Crippen molar-refractivity contribution in [1.82, 2.24) is 10.5 Å². The second-order valence-electron chi connectivity index (χ2n) is 5.10. The summed E-state index contributed by atoms with van der Waals surface area (Å²) >= 11 is 0. The molecule has 0 aliphatic carbocycles. The summed E-state index contributed by atoms with van der Waals surface area (Å²) in [6.45, 7) is 3.80. The lowest BCUT2D eigenvalue weighted by Crippen LogP contribution is -2.25. The van der Waals surface area contributed by atoms with Gasteiger partial charge < -0.3 is 9.84 Å². The second-order valence-corrected chi connectivity index (χ2v) is 6.40. The molecule has 0 atom stereocenters. The maximum atomic E-state index is 12.0. The van der Waals surface area contributed by atoms with Crippen LogP contribution >= 0.6 is 0 Å². The van der Waals surface area contributed by atoms with Gasteiger partial charge in [-0.2, -0.15) is 8.42 Å². The summed E-state index contributed by atoms with van der Waals surface area (Å²) in [6.07, 6.45) is 0.177. The zero-order chi connectivity index (χ0) is 17.0. The van der Waals surface area contributed by atoms with Crippen molar-refractivity contribution in [3.8, 4) is 0 Å². The molecule has 9 heteroatoms. The van der Waals surface area contributed by atoms with Crippen LogP contribution in [0.3, 0.4) is 0 Å². The molecule has 0 spiro atoms. The van der Waals surface area contributed by atoms with Crippen molar-refractivity contribution < 1.29 is 17.7 Å². The van der Waals surface area contributed by atoms with Gasteiger partial charge in [0.2, 0.25) is 5.91 Å². The van der Waals surface area contributed by atoms with Crippen molar-refractivity contribution in [3.05, 3.63) is 46.8 Å². The van der Waals surface area contributed by atoms with Gasteiger partial charge in [0, 0.05) is 12.1 Å². The second kappa shape index (κ2) is 6.80. The molecule has 0 bridgehead atoms. The Labute approximate surface area is 134 Å². The first-order valence-corrected chi connectivity index (χ1v) is 8.37. The van der Waals surface area contributed by atoms with E-state index in [9.17, 15) is 13.2 Å². The third-order valence-electron chi connectivity index (χ3n) is 3.20. The Bertz CT molecular complexity index is 794. The van der Waals surface area contributed by atoms with Gasteiger partial charge in [-0.05, 0) is 31.5 Å². The Morgan fingerprint density at radius 3 is 2.70 bits per heavy atom. The molecule has 0 fully saturated rings. The zero-order valence-corrected chi connectivity index (χ0v) is 13.6. The first-order valence-electron chi connectivity index (χ1n) is 6.82. The van der Waals surface area contributed by atoms with E-state index in [1.165, 1.54) is 0 Å². The molecule has 0 aliphatic rings. The van der Waals surface area contributed by atoms with E-state index in [2.05, 4.69) is 15.2 Å². The summed E-state index contributed by atoms with van der Waals surface area (Å²) in [4.78, 5) is 12.0. The lowest BCUT2D eigenvalue weighted by Gasteiger charge is -2.08. The Hall–Kier alpha value is -2.39. The van der Waals surface area contributed by atoms with Crippen LogP contribution < -0.4 is 15.2 Å².